The van der Waals surface area contributed by atoms with Crippen molar-refractivity contribution in [2.24, 2.45) is 0 Å². The summed E-state index contributed by atoms with van der Waals surface area (Å²) in [4.78, 5) is 15.1. The molecule has 1 aliphatic heterocycles. The van der Waals surface area contributed by atoms with Crippen LogP contribution in [-0.2, 0) is 4.79 Å². The minimum atomic E-state index is -0.0848. The van der Waals surface area contributed by atoms with E-state index >= 15 is 0 Å². The molecule has 0 saturated heterocycles. The van der Waals surface area contributed by atoms with E-state index in [0.717, 1.165) is 25.9 Å². The maximum atomic E-state index is 12.0. The maximum absolute atomic E-state index is 12.0. The average Bonchev–Trinajstić information content (AvgIpc) is 2.91. The average molecular weight is 368 g/mol. The minimum absolute atomic E-state index is 0.0848. The predicted octanol–water partition coefficient (Wildman–Crippen LogP) is 4.03. The first kappa shape index (κ1) is 11.7. The topological polar surface area (TPSA) is 44.9 Å². The number of hydrogen-bond acceptors (Lipinski definition) is 1. The molecule has 0 bridgehead atoms. The van der Waals surface area contributed by atoms with Gasteiger partial charge in [-0.1, -0.05) is 15.9 Å². The van der Waals surface area contributed by atoms with Gasteiger partial charge < -0.3 is 10.3 Å². The highest BCUT2D eigenvalue weighted by molar-refractivity contribution is 9.11. The van der Waals surface area contributed by atoms with Crippen LogP contribution >= 0.6 is 31.9 Å². The zero-order chi connectivity index (χ0) is 12.7. The number of benzene rings is 1. The Hall–Kier alpha value is -1.33. The number of carbonyl (C=O) groups excluding carboxylic acids is 1. The van der Waals surface area contributed by atoms with Crippen LogP contribution in [0.2, 0.25) is 0 Å². The molecule has 3 rings (SSSR count). The molecule has 1 aromatic heterocycles. The van der Waals surface area contributed by atoms with Crippen LogP contribution in [0, 0.1) is 0 Å². The monoisotopic (exact) mass is 366 g/mol. The van der Waals surface area contributed by atoms with Gasteiger partial charge in [-0.15, -0.1) is 0 Å². The summed E-state index contributed by atoms with van der Waals surface area (Å²) in [5.41, 5.74) is 3.29. The van der Waals surface area contributed by atoms with Gasteiger partial charge in [-0.25, -0.2) is 0 Å². The molecule has 18 heavy (non-hydrogen) atoms. The molecule has 2 N–H and O–H groups in total. The number of rotatable bonds is 1. The predicted molar refractivity (Wildman–Crippen MR) is 79.1 cm³/mol. The fraction of sp³-hybridized carbons (Fsp3) is 0. The molecule has 1 amide bonds. The van der Waals surface area contributed by atoms with Crippen LogP contribution in [0.1, 0.15) is 11.3 Å². The van der Waals surface area contributed by atoms with Crippen molar-refractivity contribution >= 4 is 55.1 Å². The number of hydrogen-bond donors (Lipinski definition) is 2. The van der Waals surface area contributed by atoms with Crippen molar-refractivity contribution in [3.05, 3.63) is 50.7 Å². The first-order valence-electron chi connectivity index (χ1n) is 5.31. The van der Waals surface area contributed by atoms with Crippen LogP contribution < -0.4 is 5.32 Å². The molecule has 3 nitrogen and oxygen atoms in total. The largest absolute Gasteiger partial charge is 0.362 e. The highest BCUT2D eigenvalue weighted by Crippen LogP contribution is 2.40. The van der Waals surface area contributed by atoms with Crippen molar-refractivity contribution in [2.75, 3.05) is 5.32 Å². The van der Waals surface area contributed by atoms with Crippen molar-refractivity contribution in [1.82, 2.24) is 4.98 Å². The lowest BCUT2D eigenvalue weighted by Gasteiger charge is -2.02. The van der Waals surface area contributed by atoms with Gasteiger partial charge in [0.2, 0.25) is 0 Å². The van der Waals surface area contributed by atoms with E-state index < -0.39 is 0 Å². The summed E-state index contributed by atoms with van der Waals surface area (Å²) < 4.78 is 1.80. The molecule has 1 aliphatic rings. The third kappa shape index (κ3) is 1.93. The van der Waals surface area contributed by atoms with Gasteiger partial charge in [0.1, 0.15) is 0 Å². The van der Waals surface area contributed by atoms with Crippen LogP contribution in [0.25, 0.3) is 11.6 Å². The van der Waals surface area contributed by atoms with E-state index in [0.29, 0.717) is 5.57 Å². The second kappa shape index (κ2) is 4.40. The van der Waals surface area contributed by atoms with E-state index in [1.807, 2.05) is 36.5 Å². The van der Waals surface area contributed by atoms with E-state index in [4.69, 9.17) is 0 Å². The number of aromatic nitrogens is 1. The van der Waals surface area contributed by atoms with Crippen LogP contribution in [0.3, 0.4) is 0 Å². The Balaban J connectivity index is 2.18. The van der Waals surface area contributed by atoms with Crippen molar-refractivity contribution in [2.45, 2.75) is 0 Å². The molecule has 1 aromatic carbocycles. The standard InChI is InChI=1S/C13H8Br2N2O/c14-7-4-9-10(6-8-2-1-3-16-8)13(18)17-12(9)11(15)5-7/h1-6,16H,(H,17,18). The number of H-pyrrole nitrogens is 1. The van der Waals surface area contributed by atoms with Crippen molar-refractivity contribution in [1.29, 1.82) is 0 Å². The minimum Gasteiger partial charge on any atom is -0.362 e. The summed E-state index contributed by atoms with van der Waals surface area (Å²) in [6.45, 7) is 0. The Morgan fingerprint density at radius 2 is 2.06 bits per heavy atom. The van der Waals surface area contributed by atoms with Gasteiger partial charge >= 0.3 is 0 Å². The molecule has 90 valence electrons. The molecule has 2 heterocycles. The van der Waals surface area contributed by atoms with Gasteiger partial charge in [-0.05, 0) is 46.3 Å². The fourth-order valence-electron chi connectivity index (χ4n) is 1.95. The number of halogens is 2. The lowest BCUT2D eigenvalue weighted by molar-refractivity contribution is -0.110. The van der Waals surface area contributed by atoms with Crippen molar-refractivity contribution < 1.29 is 4.79 Å². The Morgan fingerprint density at radius 1 is 1.22 bits per heavy atom. The van der Waals surface area contributed by atoms with E-state index in [2.05, 4.69) is 42.2 Å². The Kier molecular flexibility index (Phi) is 2.87. The van der Waals surface area contributed by atoms with E-state index in [-0.39, 0.29) is 5.91 Å². The van der Waals surface area contributed by atoms with E-state index in [9.17, 15) is 4.79 Å². The summed E-state index contributed by atoms with van der Waals surface area (Å²) >= 11 is 6.89. The number of anilines is 1. The number of carbonyl (C=O) groups is 1. The second-order valence-electron chi connectivity index (χ2n) is 3.95. The number of amides is 1. The SMILES string of the molecule is O=C1Nc2c(Br)cc(Br)cc2C1=Cc1ccc[nH]1. The Morgan fingerprint density at radius 3 is 2.78 bits per heavy atom. The number of aromatic amines is 1. The molecular weight excluding hydrogens is 360 g/mol. The van der Waals surface area contributed by atoms with E-state index in [1.54, 1.807) is 0 Å². The van der Waals surface area contributed by atoms with Gasteiger partial charge in [0.25, 0.3) is 5.91 Å². The molecule has 0 fully saturated rings. The van der Waals surface area contributed by atoms with Crippen LogP contribution in [0.15, 0.2) is 39.4 Å². The van der Waals surface area contributed by atoms with E-state index in [1.165, 1.54) is 0 Å². The fourth-order valence-corrected chi connectivity index (χ4v) is 3.27. The van der Waals surface area contributed by atoms with Gasteiger partial charge in [-0.3, -0.25) is 4.79 Å². The molecule has 0 saturated carbocycles. The summed E-state index contributed by atoms with van der Waals surface area (Å²) in [5, 5.41) is 2.87. The van der Waals surface area contributed by atoms with Gasteiger partial charge in [0, 0.05) is 26.4 Å². The molecule has 0 spiro atoms. The quantitative estimate of drug-likeness (QED) is 0.734. The molecule has 0 radical (unpaired) electrons. The highest BCUT2D eigenvalue weighted by atomic mass is 79.9. The molecule has 0 unspecified atom stereocenters. The summed E-state index contributed by atoms with van der Waals surface area (Å²) in [7, 11) is 0. The third-order valence-electron chi connectivity index (χ3n) is 2.75. The molecule has 0 aliphatic carbocycles. The molecule has 0 atom stereocenters. The first-order chi connectivity index (χ1) is 8.65. The van der Waals surface area contributed by atoms with Crippen molar-refractivity contribution in [3.8, 4) is 0 Å². The second-order valence-corrected chi connectivity index (χ2v) is 5.72. The molecular formula is C13H8Br2N2O. The Bertz CT molecular complexity index is 660. The van der Waals surface area contributed by atoms with Gasteiger partial charge in [0.05, 0.1) is 11.3 Å². The summed E-state index contributed by atoms with van der Waals surface area (Å²) in [6.07, 6.45) is 3.68. The first-order valence-corrected chi connectivity index (χ1v) is 6.89. The molecule has 5 heteroatoms. The Labute approximate surface area is 121 Å². The number of nitrogens with one attached hydrogen (secondary N) is 2. The third-order valence-corrected chi connectivity index (χ3v) is 3.83. The zero-order valence-electron chi connectivity index (χ0n) is 9.13. The number of fused-ring (bicyclic) bond motifs is 1. The maximum Gasteiger partial charge on any atom is 0.256 e. The van der Waals surface area contributed by atoms with Crippen LogP contribution in [0.5, 0.6) is 0 Å². The summed E-state index contributed by atoms with van der Waals surface area (Å²) in [6, 6.07) is 7.67. The molecule has 2 aromatic rings. The van der Waals surface area contributed by atoms with Gasteiger partial charge in [-0.2, -0.15) is 0 Å². The zero-order valence-corrected chi connectivity index (χ0v) is 12.3. The lowest BCUT2D eigenvalue weighted by atomic mass is 10.1. The lowest BCUT2D eigenvalue weighted by Crippen LogP contribution is -2.03. The normalized spacial score (nSPS) is 15.9. The van der Waals surface area contributed by atoms with Crippen LogP contribution in [-0.4, -0.2) is 10.9 Å². The highest BCUT2D eigenvalue weighted by Gasteiger charge is 2.26. The smallest absolute Gasteiger partial charge is 0.256 e. The van der Waals surface area contributed by atoms with Gasteiger partial charge in [0.15, 0.2) is 0 Å². The van der Waals surface area contributed by atoms with Crippen molar-refractivity contribution in [3.63, 3.8) is 0 Å². The van der Waals surface area contributed by atoms with Crippen LogP contribution in [0.4, 0.5) is 5.69 Å². The summed E-state index contributed by atoms with van der Waals surface area (Å²) in [5.74, 6) is -0.0848.